The van der Waals surface area contributed by atoms with Gasteiger partial charge >= 0.3 is 0 Å². The van der Waals surface area contributed by atoms with Crippen LogP contribution in [0.2, 0.25) is 0 Å². The highest BCUT2D eigenvalue weighted by molar-refractivity contribution is 5.30. The van der Waals surface area contributed by atoms with E-state index in [0.717, 1.165) is 26.3 Å². The highest BCUT2D eigenvalue weighted by Gasteiger charge is 2.15. The van der Waals surface area contributed by atoms with Crippen molar-refractivity contribution in [3.63, 3.8) is 0 Å². The Labute approximate surface area is 94.6 Å². The SMILES string of the molecule is Nc1cnn(C[C@@H](O)CN2CCOCC2)c1. The fourth-order valence-electron chi connectivity index (χ4n) is 1.83. The largest absolute Gasteiger partial charge is 0.396 e. The second-order valence-corrected chi connectivity index (χ2v) is 4.06. The first-order valence-electron chi connectivity index (χ1n) is 5.50. The number of aliphatic hydroxyl groups excluding tert-OH is 1. The number of rotatable bonds is 4. The molecule has 1 aromatic heterocycles. The normalized spacial score (nSPS) is 19.8. The molecule has 16 heavy (non-hydrogen) atoms. The maximum Gasteiger partial charge on any atom is 0.0862 e. The second-order valence-electron chi connectivity index (χ2n) is 4.06. The van der Waals surface area contributed by atoms with Gasteiger partial charge in [-0.2, -0.15) is 5.10 Å². The molecule has 0 unspecified atom stereocenters. The fraction of sp³-hybridized carbons (Fsp3) is 0.700. The third kappa shape index (κ3) is 3.19. The van der Waals surface area contributed by atoms with E-state index in [0.29, 0.717) is 18.8 Å². The standard InChI is InChI=1S/C10H18N4O2/c11-9-5-12-14(6-9)8-10(15)7-13-1-3-16-4-2-13/h5-6,10,15H,1-4,7-8,11H2/t10-/m0/s1. The molecule has 0 aromatic carbocycles. The highest BCUT2D eigenvalue weighted by atomic mass is 16.5. The molecule has 2 rings (SSSR count). The smallest absolute Gasteiger partial charge is 0.0862 e. The van der Waals surface area contributed by atoms with Crippen LogP contribution in [0.15, 0.2) is 12.4 Å². The molecule has 1 fully saturated rings. The first-order chi connectivity index (χ1) is 7.74. The molecule has 1 aliphatic heterocycles. The van der Waals surface area contributed by atoms with Crippen LogP contribution in [0.4, 0.5) is 5.69 Å². The molecule has 90 valence electrons. The first-order valence-corrected chi connectivity index (χ1v) is 5.50. The van der Waals surface area contributed by atoms with E-state index in [9.17, 15) is 5.11 Å². The number of morpholine rings is 1. The van der Waals surface area contributed by atoms with Crippen LogP contribution in [0, 0.1) is 0 Å². The lowest BCUT2D eigenvalue weighted by Crippen LogP contribution is -2.42. The minimum atomic E-state index is -0.419. The van der Waals surface area contributed by atoms with E-state index in [1.807, 2.05) is 0 Å². The fourth-order valence-corrected chi connectivity index (χ4v) is 1.83. The van der Waals surface area contributed by atoms with Crippen molar-refractivity contribution in [1.82, 2.24) is 14.7 Å². The summed E-state index contributed by atoms with van der Waals surface area (Å²) in [5.41, 5.74) is 6.17. The summed E-state index contributed by atoms with van der Waals surface area (Å²) >= 11 is 0. The van der Waals surface area contributed by atoms with E-state index in [-0.39, 0.29) is 0 Å². The topological polar surface area (TPSA) is 76.5 Å². The zero-order valence-electron chi connectivity index (χ0n) is 9.25. The van der Waals surface area contributed by atoms with Gasteiger partial charge in [0.1, 0.15) is 0 Å². The van der Waals surface area contributed by atoms with Crippen molar-refractivity contribution in [2.24, 2.45) is 0 Å². The number of nitrogens with zero attached hydrogens (tertiary/aromatic N) is 3. The lowest BCUT2D eigenvalue weighted by atomic mass is 10.3. The molecule has 1 atom stereocenters. The quantitative estimate of drug-likeness (QED) is 0.700. The van der Waals surface area contributed by atoms with Gasteiger partial charge in [0.25, 0.3) is 0 Å². The van der Waals surface area contributed by atoms with Crippen LogP contribution in [0.25, 0.3) is 0 Å². The Morgan fingerprint density at radius 1 is 1.44 bits per heavy atom. The van der Waals surface area contributed by atoms with Crippen molar-refractivity contribution in [2.75, 3.05) is 38.6 Å². The number of anilines is 1. The Morgan fingerprint density at radius 3 is 2.81 bits per heavy atom. The molecule has 0 saturated carbocycles. The average molecular weight is 226 g/mol. The maximum absolute atomic E-state index is 9.88. The first kappa shape index (κ1) is 11.4. The lowest BCUT2D eigenvalue weighted by molar-refractivity contribution is 0.0108. The van der Waals surface area contributed by atoms with E-state index < -0.39 is 6.10 Å². The van der Waals surface area contributed by atoms with Crippen LogP contribution in [-0.4, -0.2) is 58.7 Å². The predicted molar refractivity (Wildman–Crippen MR) is 59.9 cm³/mol. The van der Waals surface area contributed by atoms with Crippen LogP contribution >= 0.6 is 0 Å². The Morgan fingerprint density at radius 2 is 2.19 bits per heavy atom. The molecule has 1 aliphatic rings. The monoisotopic (exact) mass is 226 g/mol. The molecule has 0 bridgehead atoms. The van der Waals surface area contributed by atoms with Gasteiger partial charge in [-0.1, -0.05) is 0 Å². The summed E-state index contributed by atoms with van der Waals surface area (Å²) in [5.74, 6) is 0. The molecule has 6 nitrogen and oxygen atoms in total. The highest BCUT2D eigenvalue weighted by Crippen LogP contribution is 2.02. The summed E-state index contributed by atoms with van der Waals surface area (Å²) < 4.78 is 6.91. The van der Waals surface area contributed by atoms with Crippen LogP contribution < -0.4 is 5.73 Å². The van der Waals surface area contributed by atoms with Gasteiger partial charge in [-0.25, -0.2) is 0 Å². The van der Waals surface area contributed by atoms with Crippen molar-refractivity contribution in [3.8, 4) is 0 Å². The number of hydrogen-bond acceptors (Lipinski definition) is 5. The summed E-state index contributed by atoms with van der Waals surface area (Å²) in [6.45, 7) is 4.41. The minimum Gasteiger partial charge on any atom is -0.396 e. The van der Waals surface area contributed by atoms with Crippen molar-refractivity contribution < 1.29 is 9.84 Å². The molecule has 2 heterocycles. The van der Waals surface area contributed by atoms with Gasteiger partial charge in [-0.05, 0) is 0 Å². The number of nitrogen functional groups attached to an aromatic ring is 1. The van der Waals surface area contributed by atoms with Gasteiger partial charge < -0.3 is 15.6 Å². The molecule has 0 aliphatic carbocycles. The molecule has 3 N–H and O–H groups in total. The zero-order chi connectivity index (χ0) is 11.4. The molecule has 1 aromatic rings. The van der Waals surface area contributed by atoms with E-state index in [1.54, 1.807) is 17.1 Å². The maximum atomic E-state index is 9.88. The van der Waals surface area contributed by atoms with E-state index >= 15 is 0 Å². The van der Waals surface area contributed by atoms with Crippen molar-refractivity contribution in [2.45, 2.75) is 12.6 Å². The third-order valence-electron chi connectivity index (χ3n) is 2.62. The Bertz CT molecular complexity index is 322. The van der Waals surface area contributed by atoms with Crippen molar-refractivity contribution >= 4 is 5.69 Å². The number of aromatic nitrogens is 2. The summed E-state index contributed by atoms with van der Waals surface area (Å²) in [5, 5.41) is 13.9. The summed E-state index contributed by atoms with van der Waals surface area (Å²) in [6.07, 6.45) is 2.89. The summed E-state index contributed by atoms with van der Waals surface area (Å²) in [7, 11) is 0. The minimum absolute atomic E-state index is 0.419. The van der Waals surface area contributed by atoms with E-state index in [4.69, 9.17) is 10.5 Å². The molecule has 0 amide bonds. The number of β-amino-alcohol motifs (C(OH)–C–C–N with tert-alkyl or cyclic N) is 1. The van der Waals surface area contributed by atoms with Crippen LogP contribution in [0.5, 0.6) is 0 Å². The number of ether oxygens (including phenoxy) is 1. The molecule has 0 radical (unpaired) electrons. The molecule has 0 spiro atoms. The predicted octanol–water partition coefficient (Wildman–Crippen LogP) is -0.842. The summed E-state index contributed by atoms with van der Waals surface area (Å²) in [6, 6.07) is 0. The van der Waals surface area contributed by atoms with Gasteiger partial charge in [0.05, 0.1) is 37.7 Å². The van der Waals surface area contributed by atoms with Gasteiger partial charge in [-0.3, -0.25) is 9.58 Å². The third-order valence-corrected chi connectivity index (χ3v) is 2.62. The molecular formula is C10H18N4O2. The average Bonchev–Trinajstić information content (AvgIpc) is 2.65. The van der Waals surface area contributed by atoms with Gasteiger partial charge in [-0.15, -0.1) is 0 Å². The number of hydrogen-bond donors (Lipinski definition) is 2. The van der Waals surface area contributed by atoms with Crippen LogP contribution in [0.3, 0.4) is 0 Å². The van der Waals surface area contributed by atoms with E-state index in [1.165, 1.54) is 0 Å². The number of nitrogens with two attached hydrogens (primary N) is 1. The van der Waals surface area contributed by atoms with Gasteiger partial charge in [0.2, 0.25) is 0 Å². The Kier molecular flexibility index (Phi) is 3.76. The Balaban J connectivity index is 1.77. The number of aliphatic hydroxyl groups is 1. The lowest BCUT2D eigenvalue weighted by Gasteiger charge is -2.28. The zero-order valence-corrected chi connectivity index (χ0v) is 9.25. The van der Waals surface area contributed by atoms with Gasteiger partial charge in [0.15, 0.2) is 0 Å². The van der Waals surface area contributed by atoms with Crippen molar-refractivity contribution in [3.05, 3.63) is 12.4 Å². The van der Waals surface area contributed by atoms with Gasteiger partial charge in [0, 0.05) is 25.8 Å². The molecule has 6 heteroatoms. The molecule has 1 saturated heterocycles. The molecular weight excluding hydrogens is 208 g/mol. The summed E-state index contributed by atoms with van der Waals surface area (Å²) in [4.78, 5) is 2.20. The Hall–Kier alpha value is -1.11. The van der Waals surface area contributed by atoms with Crippen LogP contribution in [-0.2, 0) is 11.3 Å². The van der Waals surface area contributed by atoms with Crippen LogP contribution in [0.1, 0.15) is 0 Å². The second kappa shape index (κ2) is 5.29. The van der Waals surface area contributed by atoms with E-state index in [2.05, 4.69) is 10.00 Å². The van der Waals surface area contributed by atoms with Crippen molar-refractivity contribution in [1.29, 1.82) is 0 Å².